The van der Waals surface area contributed by atoms with Crippen LogP contribution in [0.15, 0.2) is 42.5 Å². The van der Waals surface area contributed by atoms with Crippen molar-refractivity contribution in [3.63, 3.8) is 0 Å². The molecule has 1 aliphatic heterocycles. The highest BCUT2D eigenvalue weighted by atomic mass is 16.6. The van der Waals surface area contributed by atoms with Crippen LogP contribution in [0.3, 0.4) is 0 Å². The Balaban J connectivity index is 1.62. The summed E-state index contributed by atoms with van der Waals surface area (Å²) in [5, 5.41) is 4.36. The predicted octanol–water partition coefficient (Wildman–Crippen LogP) is 2.30. The highest BCUT2D eigenvalue weighted by Crippen LogP contribution is 2.24. The second-order valence-electron chi connectivity index (χ2n) is 7.54. The summed E-state index contributed by atoms with van der Waals surface area (Å²) in [6, 6.07) is 11.9. The minimum Gasteiger partial charge on any atom is -0.464 e. The van der Waals surface area contributed by atoms with Gasteiger partial charge in [-0.1, -0.05) is 36.4 Å². The van der Waals surface area contributed by atoms with Crippen molar-refractivity contribution in [2.75, 3.05) is 26.3 Å². The van der Waals surface area contributed by atoms with Crippen molar-refractivity contribution in [2.24, 2.45) is 5.92 Å². The van der Waals surface area contributed by atoms with E-state index < -0.39 is 29.8 Å². The molecule has 3 rings (SSSR count). The largest absolute Gasteiger partial charge is 0.464 e. The topological polar surface area (TPSA) is 102 Å². The number of nitrogens with one attached hydrogen (secondary N) is 1. The third-order valence-electron chi connectivity index (χ3n) is 5.50. The number of benzene rings is 2. The SMILES string of the molecule is CCOC(=O)C(NC(=O)C1CCN(C(=O)c2cccc3ccccc23)CC1)C(=O)OCC. The zero-order valence-corrected chi connectivity index (χ0v) is 18.3. The Labute approximate surface area is 186 Å². The predicted molar refractivity (Wildman–Crippen MR) is 118 cm³/mol. The number of hydrogen-bond donors (Lipinski definition) is 1. The van der Waals surface area contributed by atoms with Crippen LogP contribution in [0.4, 0.5) is 0 Å². The maximum Gasteiger partial charge on any atom is 0.340 e. The maximum absolute atomic E-state index is 13.1. The third-order valence-corrected chi connectivity index (χ3v) is 5.50. The lowest BCUT2D eigenvalue weighted by Gasteiger charge is -2.32. The number of ether oxygens (including phenoxy) is 2. The highest BCUT2D eigenvalue weighted by molar-refractivity contribution is 6.07. The molecule has 1 aliphatic rings. The lowest BCUT2D eigenvalue weighted by molar-refractivity contribution is -0.160. The molecule has 0 atom stereocenters. The number of piperidine rings is 1. The molecule has 8 nitrogen and oxygen atoms in total. The molecule has 2 amide bonds. The first-order valence-electron chi connectivity index (χ1n) is 10.9. The summed E-state index contributed by atoms with van der Waals surface area (Å²) in [4.78, 5) is 51.7. The summed E-state index contributed by atoms with van der Waals surface area (Å²) < 4.78 is 9.77. The van der Waals surface area contributed by atoms with Crippen molar-refractivity contribution in [2.45, 2.75) is 32.7 Å². The molecule has 2 aromatic carbocycles. The van der Waals surface area contributed by atoms with Gasteiger partial charge in [-0.2, -0.15) is 0 Å². The van der Waals surface area contributed by atoms with Crippen molar-refractivity contribution >= 4 is 34.5 Å². The molecule has 8 heteroatoms. The quantitative estimate of drug-likeness (QED) is 0.524. The smallest absolute Gasteiger partial charge is 0.340 e. The molecule has 0 aromatic heterocycles. The first-order chi connectivity index (χ1) is 15.5. The first kappa shape index (κ1) is 23.2. The Bertz CT molecular complexity index is 974. The van der Waals surface area contributed by atoms with Crippen molar-refractivity contribution < 1.29 is 28.7 Å². The lowest BCUT2D eigenvalue weighted by atomic mass is 9.94. The van der Waals surface area contributed by atoms with Gasteiger partial charge in [0.15, 0.2) is 0 Å². The van der Waals surface area contributed by atoms with E-state index in [-0.39, 0.29) is 19.1 Å². The molecule has 32 heavy (non-hydrogen) atoms. The van der Waals surface area contributed by atoms with Gasteiger partial charge in [-0.05, 0) is 43.5 Å². The van der Waals surface area contributed by atoms with E-state index in [2.05, 4.69) is 5.32 Å². The van der Waals surface area contributed by atoms with Gasteiger partial charge in [0.05, 0.1) is 13.2 Å². The molecule has 0 radical (unpaired) electrons. The Hall–Kier alpha value is -3.42. The van der Waals surface area contributed by atoms with Crippen LogP contribution in [0.1, 0.15) is 37.0 Å². The normalized spacial score (nSPS) is 14.3. The second-order valence-corrected chi connectivity index (χ2v) is 7.54. The van der Waals surface area contributed by atoms with Gasteiger partial charge in [0.25, 0.3) is 5.91 Å². The van der Waals surface area contributed by atoms with Gasteiger partial charge in [-0.25, -0.2) is 9.59 Å². The number of amides is 2. The number of hydrogen-bond acceptors (Lipinski definition) is 6. The van der Waals surface area contributed by atoms with Crippen molar-refractivity contribution in [1.29, 1.82) is 0 Å². The first-order valence-corrected chi connectivity index (χ1v) is 10.9. The molecular formula is C24H28N2O6. The molecule has 0 bridgehead atoms. The molecule has 1 N–H and O–H groups in total. The Morgan fingerprint density at radius 2 is 1.53 bits per heavy atom. The summed E-state index contributed by atoms with van der Waals surface area (Å²) in [6.45, 7) is 4.21. The van der Waals surface area contributed by atoms with Gasteiger partial charge < -0.3 is 19.7 Å². The van der Waals surface area contributed by atoms with Crippen LogP contribution in [-0.4, -0.2) is 61.0 Å². The molecule has 170 valence electrons. The van der Waals surface area contributed by atoms with Crippen LogP contribution < -0.4 is 5.32 Å². The summed E-state index contributed by atoms with van der Waals surface area (Å²) >= 11 is 0. The second kappa shape index (κ2) is 10.7. The van der Waals surface area contributed by atoms with E-state index in [9.17, 15) is 19.2 Å². The number of fused-ring (bicyclic) bond motifs is 1. The average molecular weight is 440 g/mol. The zero-order chi connectivity index (χ0) is 23.1. The minimum absolute atomic E-state index is 0.0726. The van der Waals surface area contributed by atoms with Crippen LogP contribution in [0.25, 0.3) is 10.8 Å². The van der Waals surface area contributed by atoms with Crippen molar-refractivity contribution in [3.8, 4) is 0 Å². The molecule has 2 aromatic rings. The zero-order valence-electron chi connectivity index (χ0n) is 18.3. The Kier molecular flexibility index (Phi) is 7.81. The van der Waals surface area contributed by atoms with E-state index in [1.807, 2.05) is 42.5 Å². The van der Waals surface area contributed by atoms with E-state index in [1.54, 1.807) is 18.7 Å². The number of nitrogens with zero attached hydrogens (tertiary/aromatic N) is 1. The molecule has 0 aliphatic carbocycles. The van der Waals surface area contributed by atoms with Gasteiger partial charge in [0.2, 0.25) is 11.9 Å². The third kappa shape index (κ3) is 5.25. The van der Waals surface area contributed by atoms with E-state index in [0.717, 1.165) is 10.8 Å². The van der Waals surface area contributed by atoms with Crippen LogP contribution in [0.5, 0.6) is 0 Å². The number of likely N-dealkylation sites (tertiary alicyclic amines) is 1. The van der Waals surface area contributed by atoms with E-state index in [0.29, 0.717) is 31.5 Å². The summed E-state index contributed by atoms with van der Waals surface area (Å²) in [5.74, 6) is -2.60. The van der Waals surface area contributed by atoms with Crippen molar-refractivity contribution in [3.05, 3.63) is 48.0 Å². The Morgan fingerprint density at radius 3 is 2.16 bits per heavy atom. The average Bonchev–Trinajstić information content (AvgIpc) is 2.82. The molecule has 1 heterocycles. The van der Waals surface area contributed by atoms with E-state index >= 15 is 0 Å². The molecule has 0 unspecified atom stereocenters. The Morgan fingerprint density at radius 1 is 0.938 bits per heavy atom. The van der Waals surface area contributed by atoms with Crippen LogP contribution in [0, 0.1) is 5.92 Å². The molecular weight excluding hydrogens is 412 g/mol. The summed E-state index contributed by atoms with van der Waals surface area (Å²) in [5.41, 5.74) is 0.635. The summed E-state index contributed by atoms with van der Waals surface area (Å²) in [7, 11) is 0. The molecule has 0 spiro atoms. The van der Waals surface area contributed by atoms with Gasteiger partial charge in [-0.3, -0.25) is 9.59 Å². The van der Waals surface area contributed by atoms with Crippen LogP contribution in [0.2, 0.25) is 0 Å². The summed E-state index contributed by atoms with van der Waals surface area (Å²) in [6.07, 6.45) is 0.863. The fraction of sp³-hybridized carbons (Fsp3) is 0.417. The van der Waals surface area contributed by atoms with Crippen molar-refractivity contribution in [1.82, 2.24) is 10.2 Å². The monoisotopic (exact) mass is 440 g/mol. The van der Waals surface area contributed by atoms with Gasteiger partial charge in [-0.15, -0.1) is 0 Å². The van der Waals surface area contributed by atoms with E-state index in [1.165, 1.54) is 0 Å². The van der Waals surface area contributed by atoms with Gasteiger partial charge >= 0.3 is 11.9 Å². The fourth-order valence-corrected chi connectivity index (χ4v) is 3.85. The van der Waals surface area contributed by atoms with Gasteiger partial charge in [0, 0.05) is 24.6 Å². The minimum atomic E-state index is -1.49. The van der Waals surface area contributed by atoms with Crippen LogP contribution in [-0.2, 0) is 23.9 Å². The number of esters is 2. The van der Waals surface area contributed by atoms with Gasteiger partial charge in [0.1, 0.15) is 0 Å². The van der Waals surface area contributed by atoms with Crippen LogP contribution >= 0.6 is 0 Å². The highest BCUT2D eigenvalue weighted by Gasteiger charge is 2.35. The fourth-order valence-electron chi connectivity index (χ4n) is 3.85. The number of carbonyl (C=O) groups excluding carboxylic acids is 4. The standard InChI is InChI=1S/C24H28N2O6/c1-3-31-23(29)20(24(30)32-4-2)25-21(27)17-12-14-26(15-13-17)22(28)19-11-7-9-16-8-5-6-10-18(16)19/h5-11,17,20H,3-4,12-15H2,1-2H3,(H,25,27). The molecule has 1 saturated heterocycles. The van der Waals surface area contributed by atoms with E-state index in [4.69, 9.17) is 9.47 Å². The lowest BCUT2D eigenvalue weighted by Crippen LogP contribution is -2.51. The molecule has 0 saturated carbocycles. The number of rotatable bonds is 7. The maximum atomic E-state index is 13.1. The molecule has 1 fully saturated rings. The number of carbonyl (C=O) groups is 4.